The Kier molecular flexibility index (Phi) is 5.79. The molecule has 106 valence electrons. The molecule has 1 aromatic carbocycles. The van der Waals surface area contributed by atoms with Crippen molar-refractivity contribution in [1.82, 2.24) is 10.2 Å². The molecule has 0 bridgehead atoms. The maximum Gasteiger partial charge on any atom is 0.137 e. The van der Waals surface area contributed by atoms with E-state index >= 15 is 0 Å². The van der Waals surface area contributed by atoms with Crippen LogP contribution in [0.15, 0.2) is 22.7 Å². The molecule has 0 amide bonds. The Morgan fingerprint density at radius 2 is 2.05 bits per heavy atom. The summed E-state index contributed by atoms with van der Waals surface area (Å²) in [7, 11) is 0. The zero-order valence-corrected chi connectivity index (χ0v) is 13.0. The van der Waals surface area contributed by atoms with Gasteiger partial charge in [-0.05, 0) is 60.4 Å². The SMILES string of the molecule is CC(CNCc1cccc(F)c1Br)N1CCCCC1. The summed E-state index contributed by atoms with van der Waals surface area (Å²) in [6.07, 6.45) is 4.01. The van der Waals surface area contributed by atoms with Crippen molar-refractivity contribution in [1.29, 1.82) is 0 Å². The third-order valence-electron chi connectivity index (χ3n) is 3.80. The Morgan fingerprint density at radius 1 is 1.32 bits per heavy atom. The zero-order valence-electron chi connectivity index (χ0n) is 11.5. The van der Waals surface area contributed by atoms with E-state index in [0.29, 0.717) is 17.1 Å². The van der Waals surface area contributed by atoms with Crippen molar-refractivity contribution in [2.24, 2.45) is 0 Å². The van der Waals surface area contributed by atoms with Gasteiger partial charge in [0, 0.05) is 19.1 Å². The van der Waals surface area contributed by atoms with Gasteiger partial charge in [0.15, 0.2) is 0 Å². The van der Waals surface area contributed by atoms with Gasteiger partial charge in [-0.15, -0.1) is 0 Å². The molecule has 4 heteroatoms. The van der Waals surface area contributed by atoms with Crippen molar-refractivity contribution in [3.8, 4) is 0 Å². The molecule has 19 heavy (non-hydrogen) atoms. The van der Waals surface area contributed by atoms with Crippen LogP contribution in [0, 0.1) is 5.82 Å². The van der Waals surface area contributed by atoms with Crippen molar-refractivity contribution in [2.45, 2.75) is 38.8 Å². The lowest BCUT2D eigenvalue weighted by Gasteiger charge is -2.32. The summed E-state index contributed by atoms with van der Waals surface area (Å²) in [6, 6.07) is 5.73. The molecule has 1 N–H and O–H groups in total. The zero-order chi connectivity index (χ0) is 13.7. The van der Waals surface area contributed by atoms with E-state index in [4.69, 9.17) is 0 Å². The highest BCUT2D eigenvalue weighted by Crippen LogP contribution is 2.20. The maximum absolute atomic E-state index is 13.4. The van der Waals surface area contributed by atoms with Gasteiger partial charge in [0.05, 0.1) is 4.47 Å². The first-order valence-corrected chi connectivity index (χ1v) is 7.85. The van der Waals surface area contributed by atoms with E-state index in [1.165, 1.54) is 38.4 Å². The van der Waals surface area contributed by atoms with Crippen LogP contribution in [0.5, 0.6) is 0 Å². The number of rotatable bonds is 5. The molecule has 1 fully saturated rings. The van der Waals surface area contributed by atoms with Crippen LogP contribution < -0.4 is 5.32 Å². The Bertz CT molecular complexity index is 405. The lowest BCUT2D eigenvalue weighted by Crippen LogP contribution is -2.42. The van der Waals surface area contributed by atoms with E-state index in [-0.39, 0.29) is 5.82 Å². The minimum absolute atomic E-state index is 0.191. The molecule has 1 aromatic rings. The minimum atomic E-state index is -0.191. The van der Waals surface area contributed by atoms with Crippen molar-refractivity contribution in [3.05, 3.63) is 34.1 Å². The normalized spacial score (nSPS) is 18.5. The number of nitrogens with one attached hydrogen (secondary N) is 1. The minimum Gasteiger partial charge on any atom is -0.311 e. The highest BCUT2D eigenvalue weighted by atomic mass is 79.9. The van der Waals surface area contributed by atoms with Crippen molar-refractivity contribution in [3.63, 3.8) is 0 Å². The molecule has 0 aromatic heterocycles. The Labute approximate surface area is 123 Å². The number of nitrogens with zero attached hydrogens (tertiary/aromatic N) is 1. The molecule has 0 radical (unpaired) electrons. The molecular formula is C15H22BrFN2. The molecule has 2 nitrogen and oxygen atoms in total. The summed E-state index contributed by atoms with van der Waals surface area (Å²) < 4.78 is 13.9. The third kappa shape index (κ3) is 4.26. The third-order valence-corrected chi connectivity index (χ3v) is 4.69. The smallest absolute Gasteiger partial charge is 0.137 e. The van der Waals surface area contributed by atoms with Crippen LogP contribution in [0.25, 0.3) is 0 Å². The number of benzene rings is 1. The summed E-state index contributed by atoms with van der Waals surface area (Å²) in [5.74, 6) is -0.191. The van der Waals surface area contributed by atoms with Crippen LogP contribution >= 0.6 is 15.9 Å². The van der Waals surface area contributed by atoms with Crippen LogP contribution in [0.2, 0.25) is 0 Å². The lowest BCUT2D eigenvalue weighted by atomic mass is 10.1. The second kappa shape index (κ2) is 7.36. The van der Waals surface area contributed by atoms with Crippen molar-refractivity contribution in [2.75, 3.05) is 19.6 Å². The largest absolute Gasteiger partial charge is 0.311 e. The fourth-order valence-corrected chi connectivity index (χ4v) is 2.99. The standard InChI is InChI=1S/C15H22BrFN2/c1-12(19-8-3-2-4-9-19)10-18-11-13-6-5-7-14(17)15(13)16/h5-7,12,18H,2-4,8-11H2,1H3. The Balaban J connectivity index is 1.78. The van der Waals surface area contributed by atoms with E-state index < -0.39 is 0 Å². The number of hydrogen-bond donors (Lipinski definition) is 1. The monoisotopic (exact) mass is 328 g/mol. The highest BCUT2D eigenvalue weighted by Gasteiger charge is 2.16. The second-order valence-corrected chi connectivity index (χ2v) is 6.08. The Hall–Kier alpha value is -0.450. The molecule has 1 aliphatic heterocycles. The van der Waals surface area contributed by atoms with E-state index in [9.17, 15) is 4.39 Å². The van der Waals surface area contributed by atoms with Crippen LogP contribution in [-0.2, 0) is 6.54 Å². The quantitative estimate of drug-likeness (QED) is 0.889. The highest BCUT2D eigenvalue weighted by molar-refractivity contribution is 9.10. The second-order valence-electron chi connectivity index (χ2n) is 5.29. The molecule has 2 rings (SSSR count). The van der Waals surface area contributed by atoms with Gasteiger partial charge in [-0.25, -0.2) is 4.39 Å². The fraction of sp³-hybridized carbons (Fsp3) is 0.600. The van der Waals surface area contributed by atoms with Crippen LogP contribution in [0.1, 0.15) is 31.7 Å². The van der Waals surface area contributed by atoms with Crippen LogP contribution in [0.4, 0.5) is 4.39 Å². The summed E-state index contributed by atoms with van der Waals surface area (Å²) in [5.41, 5.74) is 0.978. The van der Waals surface area contributed by atoms with Crippen LogP contribution in [-0.4, -0.2) is 30.6 Å². The summed E-state index contributed by atoms with van der Waals surface area (Å²) >= 11 is 3.30. The molecule has 1 aliphatic rings. The van der Waals surface area contributed by atoms with Gasteiger partial charge in [0.1, 0.15) is 5.82 Å². The average Bonchev–Trinajstić information content (AvgIpc) is 2.44. The molecule has 1 unspecified atom stereocenters. The van der Waals surface area contributed by atoms with Gasteiger partial charge >= 0.3 is 0 Å². The predicted octanol–water partition coefficient (Wildman–Crippen LogP) is 3.55. The van der Waals surface area contributed by atoms with E-state index in [1.807, 2.05) is 6.07 Å². The predicted molar refractivity (Wildman–Crippen MR) is 80.7 cm³/mol. The lowest BCUT2D eigenvalue weighted by molar-refractivity contribution is 0.170. The number of piperidine rings is 1. The number of likely N-dealkylation sites (tertiary alicyclic amines) is 1. The number of hydrogen-bond acceptors (Lipinski definition) is 2. The van der Waals surface area contributed by atoms with Gasteiger partial charge in [-0.1, -0.05) is 18.6 Å². The maximum atomic E-state index is 13.4. The van der Waals surface area contributed by atoms with Gasteiger partial charge < -0.3 is 5.32 Å². The summed E-state index contributed by atoms with van der Waals surface area (Å²) in [4.78, 5) is 2.54. The molecular weight excluding hydrogens is 307 g/mol. The first-order chi connectivity index (χ1) is 9.18. The Morgan fingerprint density at radius 3 is 2.79 bits per heavy atom. The van der Waals surface area contributed by atoms with Crippen LogP contribution in [0.3, 0.4) is 0 Å². The topological polar surface area (TPSA) is 15.3 Å². The van der Waals surface area contributed by atoms with Gasteiger partial charge in [-0.3, -0.25) is 4.90 Å². The average molecular weight is 329 g/mol. The first-order valence-electron chi connectivity index (χ1n) is 7.06. The first kappa shape index (κ1) is 14.9. The molecule has 1 atom stereocenters. The van der Waals surface area contributed by atoms with E-state index in [1.54, 1.807) is 6.07 Å². The van der Waals surface area contributed by atoms with Gasteiger partial charge in [0.2, 0.25) is 0 Å². The number of halogens is 2. The van der Waals surface area contributed by atoms with E-state index in [2.05, 4.69) is 33.1 Å². The van der Waals surface area contributed by atoms with Gasteiger partial charge in [0.25, 0.3) is 0 Å². The molecule has 0 aliphatic carbocycles. The molecule has 1 saturated heterocycles. The van der Waals surface area contributed by atoms with Gasteiger partial charge in [-0.2, -0.15) is 0 Å². The van der Waals surface area contributed by atoms with Crippen molar-refractivity contribution < 1.29 is 4.39 Å². The molecule has 1 heterocycles. The molecule has 0 spiro atoms. The van der Waals surface area contributed by atoms with Crippen molar-refractivity contribution >= 4 is 15.9 Å². The van der Waals surface area contributed by atoms with E-state index in [0.717, 1.165) is 12.1 Å². The fourth-order valence-electron chi connectivity index (χ4n) is 2.59. The summed E-state index contributed by atoms with van der Waals surface area (Å²) in [6.45, 7) is 6.34. The molecule has 0 saturated carbocycles. The summed E-state index contributed by atoms with van der Waals surface area (Å²) in [5, 5.41) is 3.43.